The van der Waals surface area contributed by atoms with Gasteiger partial charge < -0.3 is 16.4 Å². The fourth-order valence-corrected chi connectivity index (χ4v) is 1.90. The zero-order valence-electron chi connectivity index (χ0n) is 12.2. The van der Waals surface area contributed by atoms with Crippen LogP contribution in [-0.4, -0.2) is 16.0 Å². The zero-order valence-corrected chi connectivity index (χ0v) is 13.0. The van der Waals surface area contributed by atoms with E-state index < -0.39 is 0 Å². The van der Waals surface area contributed by atoms with Gasteiger partial charge in [-0.3, -0.25) is 0 Å². The number of aromatic nitrogens is 2. The first-order chi connectivity index (χ1) is 10.1. The van der Waals surface area contributed by atoms with Crippen LogP contribution in [0.15, 0.2) is 30.6 Å². The Bertz CT molecular complexity index is 585. The second-order valence-corrected chi connectivity index (χ2v) is 5.35. The number of nitrogens with zero attached hydrogens (tertiary/aromatic N) is 2. The van der Waals surface area contributed by atoms with Crippen LogP contribution in [-0.2, 0) is 6.54 Å². The van der Waals surface area contributed by atoms with Crippen molar-refractivity contribution < 1.29 is 0 Å². The van der Waals surface area contributed by atoms with E-state index in [1.807, 2.05) is 24.3 Å². The number of hydrogen-bond acceptors (Lipinski definition) is 5. The zero-order chi connectivity index (χ0) is 15.2. The van der Waals surface area contributed by atoms with Gasteiger partial charge in [0.1, 0.15) is 12.0 Å². The molecular weight excluding hydrogens is 286 g/mol. The minimum atomic E-state index is 0.311. The predicted octanol–water partition coefficient (Wildman–Crippen LogP) is 3.53. The van der Waals surface area contributed by atoms with Crippen LogP contribution in [0.2, 0.25) is 5.02 Å². The van der Waals surface area contributed by atoms with Crippen molar-refractivity contribution in [3.8, 4) is 0 Å². The number of hydrogen-bond donors (Lipinski definition) is 3. The number of halogens is 1. The first-order valence-electron chi connectivity index (χ1n) is 6.95. The molecule has 112 valence electrons. The maximum atomic E-state index is 6.10. The van der Waals surface area contributed by atoms with Crippen LogP contribution in [0.5, 0.6) is 0 Å². The fraction of sp³-hybridized carbons (Fsp3) is 0.333. The van der Waals surface area contributed by atoms with E-state index in [1.54, 1.807) is 0 Å². The summed E-state index contributed by atoms with van der Waals surface area (Å²) in [6, 6.07) is 7.96. The van der Waals surface area contributed by atoms with E-state index in [1.165, 1.54) is 6.33 Å². The molecule has 0 radical (unpaired) electrons. The van der Waals surface area contributed by atoms with Gasteiger partial charge in [0.15, 0.2) is 11.6 Å². The smallest absolute Gasteiger partial charge is 0.155 e. The highest BCUT2D eigenvalue weighted by atomic mass is 35.5. The molecule has 2 aromatic rings. The van der Waals surface area contributed by atoms with E-state index in [0.717, 1.165) is 17.0 Å². The van der Waals surface area contributed by atoms with Gasteiger partial charge in [-0.05, 0) is 31.0 Å². The Morgan fingerprint density at radius 3 is 2.52 bits per heavy atom. The first-order valence-corrected chi connectivity index (χ1v) is 7.33. The fourth-order valence-electron chi connectivity index (χ4n) is 1.77. The van der Waals surface area contributed by atoms with E-state index in [0.29, 0.717) is 29.9 Å². The van der Waals surface area contributed by atoms with E-state index in [9.17, 15) is 0 Å². The first kappa shape index (κ1) is 15.4. The second-order valence-electron chi connectivity index (χ2n) is 4.92. The van der Waals surface area contributed by atoms with Gasteiger partial charge in [0.25, 0.3) is 0 Å². The van der Waals surface area contributed by atoms with E-state index in [-0.39, 0.29) is 0 Å². The summed E-state index contributed by atoms with van der Waals surface area (Å²) in [7, 11) is 0. The van der Waals surface area contributed by atoms with Gasteiger partial charge in [0, 0.05) is 17.6 Å². The summed E-state index contributed by atoms with van der Waals surface area (Å²) in [6.45, 7) is 4.82. The maximum Gasteiger partial charge on any atom is 0.155 e. The summed E-state index contributed by atoms with van der Waals surface area (Å²) in [6.07, 6.45) is 2.50. The molecule has 6 heteroatoms. The Balaban J connectivity index is 2.06. The van der Waals surface area contributed by atoms with Crippen molar-refractivity contribution in [2.24, 2.45) is 0 Å². The second kappa shape index (κ2) is 7.13. The Hall–Kier alpha value is -2.01. The van der Waals surface area contributed by atoms with Gasteiger partial charge >= 0.3 is 0 Å². The number of anilines is 3. The van der Waals surface area contributed by atoms with Crippen LogP contribution in [0.25, 0.3) is 0 Å². The molecule has 2 rings (SSSR count). The largest absolute Gasteiger partial charge is 0.393 e. The summed E-state index contributed by atoms with van der Waals surface area (Å²) >= 11 is 5.87. The lowest BCUT2D eigenvalue weighted by Gasteiger charge is -2.16. The lowest BCUT2D eigenvalue weighted by atomic mass is 10.2. The Labute approximate surface area is 129 Å². The minimum absolute atomic E-state index is 0.311. The summed E-state index contributed by atoms with van der Waals surface area (Å²) in [5, 5.41) is 7.22. The van der Waals surface area contributed by atoms with Crippen LogP contribution in [0.3, 0.4) is 0 Å². The van der Waals surface area contributed by atoms with Crippen molar-refractivity contribution in [2.45, 2.75) is 32.9 Å². The molecule has 5 nitrogen and oxygen atoms in total. The summed E-state index contributed by atoms with van der Waals surface area (Å²) in [5.74, 6) is 1.30. The average Bonchev–Trinajstić information content (AvgIpc) is 2.49. The van der Waals surface area contributed by atoms with Gasteiger partial charge in [-0.25, -0.2) is 9.97 Å². The highest BCUT2D eigenvalue weighted by Crippen LogP contribution is 2.24. The highest BCUT2D eigenvalue weighted by molar-refractivity contribution is 6.30. The normalized spacial score (nSPS) is 12.0. The number of nitrogens with two attached hydrogens (primary N) is 1. The molecule has 1 heterocycles. The Morgan fingerprint density at radius 1 is 1.19 bits per heavy atom. The Morgan fingerprint density at radius 2 is 1.86 bits per heavy atom. The van der Waals surface area contributed by atoms with Gasteiger partial charge in [0.05, 0.1) is 0 Å². The van der Waals surface area contributed by atoms with E-state index in [4.69, 9.17) is 17.3 Å². The molecular formula is C15H20ClN5. The molecule has 4 N–H and O–H groups in total. The number of rotatable bonds is 6. The predicted molar refractivity (Wildman–Crippen MR) is 88.6 cm³/mol. The van der Waals surface area contributed by atoms with Gasteiger partial charge in [-0.1, -0.05) is 30.7 Å². The van der Waals surface area contributed by atoms with Crippen molar-refractivity contribution in [3.05, 3.63) is 41.2 Å². The quantitative estimate of drug-likeness (QED) is 0.761. The molecule has 0 saturated heterocycles. The van der Waals surface area contributed by atoms with Crippen LogP contribution in [0.1, 0.15) is 25.8 Å². The molecule has 1 unspecified atom stereocenters. The third-order valence-corrected chi connectivity index (χ3v) is 3.50. The molecule has 0 aliphatic heterocycles. The molecule has 0 aliphatic rings. The molecule has 0 amide bonds. The molecule has 0 aliphatic carbocycles. The van der Waals surface area contributed by atoms with Crippen LogP contribution in [0, 0.1) is 0 Å². The van der Waals surface area contributed by atoms with E-state index >= 15 is 0 Å². The topological polar surface area (TPSA) is 75.9 Å². The summed E-state index contributed by atoms with van der Waals surface area (Å²) in [4.78, 5) is 8.38. The minimum Gasteiger partial charge on any atom is -0.393 e. The van der Waals surface area contributed by atoms with Gasteiger partial charge in [-0.15, -0.1) is 0 Å². The lowest BCUT2D eigenvalue weighted by molar-refractivity contribution is 0.759. The average molecular weight is 306 g/mol. The SMILES string of the molecule is CCC(C)Nc1ncnc(NCc2ccc(Cl)cc2)c1N. The van der Waals surface area contributed by atoms with Gasteiger partial charge in [-0.2, -0.15) is 0 Å². The molecule has 21 heavy (non-hydrogen) atoms. The molecule has 1 aromatic carbocycles. The van der Waals surface area contributed by atoms with Crippen molar-refractivity contribution in [1.82, 2.24) is 9.97 Å². The molecule has 0 fully saturated rings. The summed E-state index contributed by atoms with van der Waals surface area (Å²) in [5.41, 5.74) is 7.74. The standard InChI is InChI=1S/C15H20ClN5/c1-3-10(2)21-15-13(17)14(19-9-20-15)18-8-11-4-6-12(16)7-5-11/h4-7,9-10H,3,8,17H2,1-2H3,(H2,18,19,20,21). The molecule has 0 spiro atoms. The van der Waals surface area contributed by atoms with Crippen molar-refractivity contribution in [1.29, 1.82) is 0 Å². The number of nitrogens with one attached hydrogen (secondary N) is 2. The molecule has 1 aromatic heterocycles. The van der Waals surface area contributed by atoms with Crippen molar-refractivity contribution in [2.75, 3.05) is 16.4 Å². The third kappa shape index (κ3) is 4.23. The van der Waals surface area contributed by atoms with E-state index in [2.05, 4.69) is 34.4 Å². The molecule has 1 atom stereocenters. The van der Waals surface area contributed by atoms with Crippen molar-refractivity contribution >= 4 is 28.9 Å². The highest BCUT2D eigenvalue weighted by Gasteiger charge is 2.09. The summed E-state index contributed by atoms with van der Waals surface area (Å²) < 4.78 is 0. The Kier molecular flexibility index (Phi) is 5.22. The molecule has 0 saturated carbocycles. The van der Waals surface area contributed by atoms with Gasteiger partial charge in [0.2, 0.25) is 0 Å². The maximum absolute atomic E-state index is 6.10. The molecule has 0 bridgehead atoms. The third-order valence-electron chi connectivity index (χ3n) is 3.25. The lowest BCUT2D eigenvalue weighted by Crippen LogP contribution is -2.17. The number of benzene rings is 1. The van der Waals surface area contributed by atoms with Crippen LogP contribution >= 0.6 is 11.6 Å². The number of nitrogen functional groups attached to an aromatic ring is 1. The van der Waals surface area contributed by atoms with Crippen LogP contribution < -0.4 is 16.4 Å². The van der Waals surface area contributed by atoms with Crippen LogP contribution in [0.4, 0.5) is 17.3 Å². The monoisotopic (exact) mass is 305 g/mol. The van der Waals surface area contributed by atoms with Crippen molar-refractivity contribution in [3.63, 3.8) is 0 Å².